The number of hydrogen-bond acceptors (Lipinski definition) is 4. The van der Waals surface area contributed by atoms with E-state index in [4.69, 9.17) is 4.74 Å². The van der Waals surface area contributed by atoms with Gasteiger partial charge in [0.15, 0.2) is 0 Å². The van der Waals surface area contributed by atoms with Crippen molar-refractivity contribution in [3.05, 3.63) is 0 Å². The Morgan fingerprint density at radius 2 is 1.91 bits per heavy atom. The van der Waals surface area contributed by atoms with E-state index < -0.39 is 17.7 Å². The summed E-state index contributed by atoms with van der Waals surface area (Å²) in [5, 5.41) is 0. The molecule has 2 aliphatic heterocycles. The Morgan fingerprint density at radius 3 is 2.57 bits per heavy atom. The van der Waals surface area contributed by atoms with Crippen LogP contribution in [-0.2, 0) is 14.3 Å². The number of halogens is 1. The van der Waals surface area contributed by atoms with E-state index in [9.17, 15) is 14.4 Å². The van der Waals surface area contributed by atoms with Crippen LogP contribution in [0.3, 0.4) is 0 Å². The molecule has 7 heteroatoms. The van der Waals surface area contributed by atoms with Gasteiger partial charge in [0.2, 0.25) is 5.91 Å². The second-order valence-corrected chi connectivity index (χ2v) is 8.73. The molecule has 1 saturated carbocycles. The molecule has 2 heterocycles. The topological polar surface area (TPSA) is 66.9 Å². The lowest BCUT2D eigenvalue weighted by molar-refractivity contribution is -0.155. The van der Waals surface area contributed by atoms with Gasteiger partial charge in [-0.1, -0.05) is 22.4 Å². The minimum atomic E-state index is -0.661. The molecule has 1 aliphatic carbocycles. The molecule has 0 spiro atoms. The average Bonchev–Trinajstić information content (AvgIpc) is 2.81. The standard InChI is InChI=1S/C16H23BrN2O4/c1-16(2,3)23-15(22)19-13-9(17)5-4-6-10(13)18-11(14(19)21)7-8-12(18)20/h9-11,13H,4-8H2,1-3H3/t9-,10-,11+,13+/m1/s1. The monoisotopic (exact) mass is 386 g/mol. The van der Waals surface area contributed by atoms with Crippen molar-refractivity contribution in [3.8, 4) is 0 Å². The quantitative estimate of drug-likeness (QED) is 0.599. The second kappa shape index (κ2) is 5.76. The number of ether oxygens (including phenoxy) is 1. The highest BCUT2D eigenvalue weighted by Gasteiger charge is 2.56. The van der Waals surface area contributed by atoms with Gasteiger partial charge in [-0.05, 0) is 40.0 Å². The average molecular weight is 387 g/mol. The maximum atomic E-state index is 12.9. The number of hydrogen-bond donors (Lipinski definition) is 0. The van der Waals surface area contributed by atoms with Gasteiger partial charge in [-0.25, -0.2) is 9.69 Å². The maximum absolute atomic E-state index is 12.9. The minimum Gasteiger partial charge on any atom is -0.443 e. The number of nitrogens with zero attached hydrogens (tertiary/aromatic N) is 2. The zero-order chi connectivity index (χ0) is 16.9. The lowest BCUT2D eigenvalue weighted by atomic mass is 9.85. The van der Waals surface area contributed by atoms with Gasteiger partial charge in [-0.15, -0.1) is 0 Å². The van der Waals surface area contributed by atoms with E-state index in [2.05, 4.69) is 15.9 Å². The number of rotatable bonds is 0. The Morgan fingerprint density at radius 1 is 1.22 bits per heavy atom. The first-order valence-corrected chi connectivity index (χ1v) is 9.13. The molecule has 3 amide bonds. The van der Waals surface area contributed by atoms with Crippen molar-refractivity contribution >= 4 is 33.8 Å². The van der Waals surface area contributed by atoms with E-state index in [1.807, 2.05) is 0 Å². The molecule has 2 saturated heterocycles. The second-order valence-electron chi connectivity index (χ2n) is 7.55. The molecule has 0 unspecified atom stereocenters. The lowest BCUT2D eigenvalue weighted by Crippen LogP contribution is -2.70. The molecule has 0 bridgehead atoms. The zero-order valence-corrected chi connectivity index (χ0v) is 15.3. The minimum absolute atomic E-state index is 0.00734. The summed E-state index contributed by atoms with van der Waals surface area (Å²) in [7, 11) is 0. The van der Waals surface area contributed by atoms with E-state index in [1.54, 1.807) is 25.7 Å². The first kappa shape index (κ1) is 16.7. The summed E-state index contributed by atoms with van der Waals surface area (Å²) in [6.07, 6.45) is 2.95. The first-order valence-electron chi connectivity index (χ1n) is 8.22. The van der Waals surface area contributed by atoms with Crippen molar-refractivity contribution in [2.24, 2.45) is 0 Å². The third-order valence-corrected chi connectivity index (χ3v) is 5.77. The fourth-order valence-corrected chi connectivity index (χ4v) is 4.85. The van der Waals surface area contributed by atoms with Crippen LogP contribution in [-0.4, -0.2) is 56.3 Å². The van der Waals surface area contributed by atoms with Crippen LogP contribution in [0.1, 0.15) is 52.9 Å². The van der Waals surface area contributed by atoms with Gasteiger partial charge in [0, 0.05) is 11.2 Å². The largest absolute Gasteiger partial charge is 0.443 e. The maximum Gasteiger partial charge on any atom is 0.417 e. The highest BCUT2D eigenvalue weighted by molar-refractivity contribution is 9.09. The van der Waals surface area contributed by atoms with Crippen LogP contribution < -0.4 is 0 Å². The normalized spacial score (nSPS) is 34.3. The predicted molar refractivity (Wildman–Crippen MR) is 87.1 cm³/mol. The van der Waals surface area contributed by atoms with Gasteiger partial charge in [-0.2, -0.15) is 0 Å². The van der Waals surface area contributed by atoms with E-state index in [0.717, 1.165) is 19.3 Å². The van der Waals surface area contributed by atoms with Crippen molar-refractivity contribution in [2.75, 3.05) is 0 Å². The SMILES string of the molecule is CC(C)(C)OC(=O)N1C(=O)[C@@H]2CCC(=O)N2[C@@H]2CCC[C@@H](Br)[C@@H]21. The Hall–Kier alpha value is -1.11. The number of amides is 3. The van der Waals surface area contributed by atoms with E-state index >= 15 is 0 Å². The van der Waals surface area contributed by atoms with Crippen LogP contribution in [0.5, 0.6) is 0 Å². The molecule has 4 atom stereocenters. The number of carbonyl (C=O) groups is 3. The molecule has 0 aromatic heterocycles. The van der Waals surface area contributed by atoms with Crippen molar-refractivity contribution in [1.29, 1.82) is 0 Å². The third-order valence-electron chi connectivity index (χ3n) is 4.77. The molecule has 0 aromatic carbocycles. The van der Waals surface area contributed by atoms with Crippen molar-refractivity contribution in [1.82, 2.24) is 9.80 Å². The van der Waals surface area contributed by atoms with Crippen molar-refractivity contribution in [2.45, 2.75) is 81.4 Å². The summed E-state index contributed by atoms with van der Waals surface area (Å²) in [5.41, 5.74) is -0.661. The Kier molecular flexibility index (Phi) is 4.19. The van der Waals surface area contributed by atoms with Gasteiger partial charge < -0.3 is 9.64 Å². The van der Waals surface area contributed by atoms with Gasteiger partial charge in [-0.3, -0.25) is 9.59 Å². The van der Waals surface area contributed by atoms with Gasteiger partial charge in [0.05, 0.1) is 12.1 Å². The highest BCUT2D eigenvalue weighted by atomic mass is 79.9. The lowest BCUT2D eigenvalue weighted by Gasteiger charge is -2.51. The molecule has 3 aliphatic rings. The van der Waals surface area contributed by atoms with Crippen LogP contribution in [0.2, 0.25) is 0 Å². The molecule has 0 aromatic rings. The smallest absolute Gasteiger partial charge is 0.417 e. The number of alkyl halides is 1. The Labute approximate surface area is 144 Å². The molecule has 0 N–H and O–H groups in total. The molecule has 3 rings (SSSR count). The molecule has 6 nitrogen and oxygen atoms in total. The Balaban J connectivity index is 1.95. The van der Waals surface area contributed by atoms with E-state index in [0.29, 0.717) is 12.8 Å². The zero-order valence-electron chi connectivity index (χ0n) is 13.8. The summed E-state index contributed by atoms with van der Waals surface area (Å²) in [6, 6.07) is -0.947. The third kappa shape index (κ3) is 2.88. The van der Waals surface area contributed by atoms with Crippen molar-refractivity contribution < 1.29 is 19.1 Å². The van der Waals surface area contributed by atoms with Crippen LogP contribution in [0.25, 0.3) is 0 Å². The Bertz CT molecular complexity index is 545. The first-order chi connectivity index (χ1) is 10.7. The highest BCUT2D eigenvalue weighted by Crippen LogP contribution is 2.40. The van der Waals surface area contributed by atoms with Gasteiger partial charge in [0.25, 0.3) is 5.91 Å². The number of carbonyl (C=O) groups excluding carboxylic acids is 3. The molecule has 128 valence electrons. The van der Waals surface area contributed by atoms with Crippen LogP contribution in [0, 0.1) is 0 Å². The summed E-state index contributed by atoms with van der Waals surface area (Å²) in [6.45, 7) is 5.36. The number of piperazine rings is 1. The molecule has 3 fully saturated rings. The fraction of sp³-hybridized carbons (Fsp3) is 0.812. The van der Waals surface area contributed by atoms with Crippen molar-refractivity contribution in [3.63, 3.8) is 0 Å². The van der Waals surface area contributed by atoms with Gasteiger partial charge in [0.1, 0.15) is 11.6 Å². The molecular formula is C16H23BrN2O4. The fourth-order valence-electron chi connectivity index (χ4n) is 3.93. The molecular weight excluding hydrogens is 364 g/mol. The summed E-state index contributed by atoms with van der Waals surface area (Å²) in [4.78, 5) is 40.8. The number of imide groups is 1. The van der Waals surface area contributed by atoms with E-state index in [-0.39, 0.29) is 28.7 Å². The van der Waals surface area contributed by atoms with Crippen LogP contribution >= 0.6 is 15.9 Å². The molecule has 23 heavy (non-hydrogen) atoms. The van der Waals surface area contributed by atoms with Gasteiger partial charge >= 0.3 is 6.09 Å². The van der Waals surface area contributed by atoms with E-state index in [1.165, 1.54) is 4.90 Å². The summed E-state index contributed by atoms with van der Waals surface area (Å²) < 4.78 is 5.46. The number of fused-ring (bicyclic) bond motifs is 3. The summed E-state index contributed by atoms with van der Waals surface area (Å²) in [5.74, 6) is -0.263. The predicted octanol–water partition coefficient (Wildman–Crippen LogP) is 2.44. The summed E-state index contributed by atoms with van der Waals surface area (Å²) >= 11 is 3.62. The molecule has 0 radical (unpaired) electrons. The van der Waals surface area contributed by atoms with Crippen LogP contribution in [0.4, 0.5) is 4.79 Å². The van der Waals surface area contributed by atoms with Crippen LogP contribution in [0.15, 0.2) is 0 Å².